The number of nitrogens with one attached hydrogen (secondary N) is 1. The molecule has 6 nitrogen and oxygen atoms in total. The highest BCUT2D eigenvalue weighted by molar-refractivity contribution is 7.13. The predicted molar refractivity (Wildman–Crippen MR) is 60.7 cm³/mol. The topological polar surface area (TPSA) is 73.3 Å². The Morgan fingerprint density at radius 2 is 2.47 bits per heavy atom. The van der Waals surface area contributed by atoms with E-state index in [1.165, 1.54) is 11.3 Å². The Morgan fingerprint density at radius 1 is 1.53 bits per heavy atom. The summed E-state index contributed by atoms with van der Waals surface area (Å²) in [4.78, 5) is 12.0. The average molecular weight is 255 g/mol. The summed E-state index contributed by atoms with van der Waals surface area (Å²) in [5.41, 5.74) is 1.59. The van der Waals surface area contributed by atoms with Crippen LogP contribution in [-0.2, 0) is 14.3 Å². The third-order valence-corrected chi connectivity index (χ3v) is 3.87. The molecular weight excluding hydrogens is 242 g/mol. The summed E-state index contributed by atoms with van der Waals surface area (Å²) in [7, 11) is 0. The van der Waals surface area contributed by atoms with E-state index >= 15 is 0 Å². The Bertz CT molecular complexity index is 398. The number of anilines is 1. The average Bonchev–Trinajstić information content (AvgIpc) is 2.96. The number of rotatable bonds is 2. The number of carbonyl (C=O) groups is 1. The lowest BCUT2D eigenvalue weighted by atomic mass is 9.87. The minimum absolute atomic E-state index is 0.115. The number of fused-ring (bicyclic) bond motifs is 1. The lowest BCUT2D eigenvalue weighted by molar-refractivity contribution is -0.126. The minimum Gasteiger partial charge on any atom is -0.381 e. The Balaban J connectivity index is 1.66. The Kier molecular flexibility index (Phi) is 3.04. The maximum absolute atomic E-state index is 12.0. The monoisotopic (exact) mass is 255 g/mol. The van der Waals surface area contributed by atoms with Crippen molar-refractivity contribution >= 4 is 22.4 Å². The van der Waals surface area contributed by atoms with E-state index in [-0.39, 0.29) is 17.9 Å². The Hall–Kier alpha value is -1.05. The van der Waals surface area contributed by atoms with E-state index in [0.29, 0.717) is 30.9 Å². The van der Waals surface area contributed by atoms with Crippen molar-refractivity contribution in [1.82, 2.24) is 10.2 Å². The van der Waals surface area contributed by atoms with Crippen LogP contribution in [0.1, 0.15) is 6.42 Å². The molecule has 2 fully saturated rings. The maximum Gasteiger partial charge on any atom is 0.255 e. The molecule has 17 heavy (non-hydrogen) atoms. The van der Waals surface area contributed by atoms with E-state index in [0.717, 1.165) is 6.42 Å². The van der Waals surface area contributed by atoms with Gasteiger partial charge in [0, 0.05) is 18.4 Å². The van der Waals surface area contributed by atoms with Crippen molar-refractivity contribution < 1.29 is 14.3 Å². The van der Waals surface area contributed by atoms with Gasteiger partial charge < -0.3 is 9.47 Å². The summed E-state index contributed by atoms with van der Waals surface area (Å²) in [6.07, 6.45) is 0.520. The molecule has 2 aliphatic rings. The van der Waals surface area contributed by atoms with E-state index in [1.54, 1.807) is 5.51 Å². The van der Waals surface area contributed by atoms with Crippen LogP contribution in [0, 0.1) is 11.8 Å². The largest absolute Gasteiger partial charge is 0.381 e. The van der Waals surface area contributed by atoms with E-state index < -0.39 is 0 Å². The summed E-state index contributed by atoms with van der Waals surface area (Å²) in [5, 5.41) is 10.7. The molecule has 0 radical (unpaired) electrons. The molecule has 1 aromatic rings. The number of hydrogen-bond acceptors (Lipinski definition) is 6. The van der Waals surface area contributed by atoms with Gasteiger partial charge in [0.2, 0.25) is 5.13 Å². The molecule has 2 aliphatic heterocycles. The van der Waals surface area contributed by atoms with Crippen molar-refractivity contribution in [1.29, 1.82) is 0 Å². The van der Waals surface area contributed by atoms with Crippen LogP contribution in [0.3, 0.4) is 0 Å². The number of hydrogen-bond donors (Lipinski definition) is 1. The van der Waals surface area contributed by atoms with Crippen molar-refractivity contribution in [3.8, 4) is 0 Å². The van der Waals surface area contributed by atoms with Crippen molar-refractivity contribution in [2.45, 2.75) is 12.5 Å². The molecule has 3 heterocycles. The molecule has 3 atom stereocenters. The number of nitrogens with zero attached hydrogens (tertiary/aromatic N) is 2. The molecule has 0 saturated carbocycles. The third-order valence-electron chi connectivity index (χ3n) is 3.26. The molecule has 2 saturated heterocycles. The van der Waals surface area contributed by atoms with Gasteiger partial charge in [0.25, 0.3) is 5.91 Å². The minimum atomic E-state index is -0.368. The second-order valence-electron chi connectivity index (χ2n) is 4.27. The first-order chi connectivity index (χ1) is 8.34. The summed E-state index contributed by atoms with van der Waals surface area (Å²) in [6.45, 7) is 2.03. The summed E-state index contributed by atoms with van der Waals surface area (Å²) in [6, 6.07) is 0. The van der Waals surface area contributed by atoms with Crippen LogP contribution in [0.15, 0.2) is 5.51 Å². The van der Waals surface area contributed by atoms with Crippen LogP contribution in [-0.4, -0.2) is 42.0 Å². The Labute approximate surface area is 102 Å². The molecule has 0 aliphatic carbocycles. The predicted octanol–water partition coefficient (Wildman–Crippen LogP) is 0.528. The highest BCUT2D eigenvalue weighted by Crippen LogP contribution is 2.33. The first kappa shape index (κ1) is 11.1. The molecule has 7 heteroatoms. The standard InChI is InChI=1S/C10H13N3O3S/c14-9(12-10-13-11-5-17-10)8-7-1-2-15-3-6(7)4-16-8/h5-8H,1-4H2,(H,12,13,14). The second-order valence-corrected chi connectivity index (χ2v) is 5.11. The van der Waals surface area contributed by atoms with Crippen molar-refractivity contribution in [2.24, 2.45) is 11.8 Å². The normalized spacial score (nSPS) is 32.1. The molecule has 3 unspecified atom stereocenters. The second kappa shape index (κ2) is 4.67. The van der Waals surface area contributed by atoms with E-state index in [4.69, 9.17) is 9.47 Å². The number of amides is 1. The highest BCUT2D eigenvalue weighted by atomic mass is 32.1. The zero-order valence-electron chi connectivity index (χ0n) is 9.17. The quantitative estimate of drug-likeness (QED) is 0.834. The fraction of sp³-hybridized carbons (Fsp3) is 0.700. The van der Waals surface area contributed by atoms with Crippen molar-refractivity contribution in [2.75, 3.05) is 25.1 Å². The fourth-order valence-electron chi connectivity index (χ4n) is 2.41. The summed E-state index contributed by atoms with van der Waals surface area (Å²) >= 11 is 1.30. The summed E-state index contributed by atoms with van der Waals surface area (Å²) < 4.78 is 11.0. The van der Waals surface area contributed by atoms with Crippen molar-refractivity contribution in [3.05, 3.63) is 5.51 Å². The van der Waals surface area contributed by atoms with Crippen LogP contribution in [0.5, 0.6) is 0 Å². The van der Waals surface area contributed by atoms with Gasteiger partial charge in [-0.25, -0.2) is 0 Å². The van der Waals surface area contributed by atoms with Gasteiger partial charge in [0.15, 0.2) is 0 Å². The first-order valence-electron chi connectivity index (χ1n) is 5.61. The molecule has 1 amide bonds. The highest BCUT2D eigenvalue weighted by Gasteiger charge is 2.43. The van der Waals surface area contributed by atoms with Gasteiger partial charge >= 0.3 is 0 Å². The first-order valence-corrected chi connectivity index (χ1v) is 6.49. The van der Waals surface area contributed by atoms with E-state index in [1.807, 2.05) is 0 Å². The lowest BCUT2D eigenvalue weighted by Gasteiger charge is -2.26. The molecule has 3 rings (SSSR count). The van der Waals surface area contributed by atoms with Crippen LogP contribution in [0.25, 0.3) is 0 Å². The number of carbonyl (C=O) groups excluding carboxylic acids is 1. The maximum atomic E-state index is 12.0. The fourth-order valence-corrected chi connectivity index (χ4v) is 2.86. The smallest absolute Gasteiger partial charge is 0.255 e. The van der Waals surface area contributed by atoms with Gasteiger partial charge in [0.05, 0.1) is 13.2 Å². The number of ether oxygens (including phenoxy) is 2. The van der Waals surface area contributed by atoms with Crippen LogP contribution in [0.4, 0.5) is 5.13 Å². The number of aromatic nitrogens is 2. The molecule has 0 aromatic carbocycles. The van der Waals surface area contributed by atoms with Crippen LogP contribution in [0.2, 0.25) is 0 Å². The molecular formula is C10H13N3O3S. The van der Waals surface area contributed by atoms with Gasteiger partial charge in [-0.05, 0) is 6.42 Å². The molecule has 92 valence electrons. The van der Waals surface area contributed by atoms with Crippen LogP contribution < -0.4 is 5.32 Å². The van der Waals surface area contributed by atoms with Gasteiger partial charge in [-0.1, -0.05) is 11.3 Å². The zero-order valence-corrected chi connectivity index (χ0v) is 9.98. The van der Waals surface area contributed by atoms with Gasteiger partial charge in [0.1, 0.15) is 11.6 Å². The molecule has 0 bridgehead atoms. The molecule has 0 spiro atoms. The Morgan fingerprint density at radius 3 is 3.29 bits per heavy atom. The van der Waals surface area contributed by atoms with Gasteiger partial charge in [-0.3, -0.25) is 10.1 Å². The third kappa shape index (κ3) is 2.18. The molecule has 1 N–H and O–H groups in total. The van der Waals surface area contributed by atoms with Crippen molar-refractivity contribution in [3.63, 3.8) is 0 Å². The van der Waals surface area contributed by atoms with E-state index in [2.05, 4.69) is 15.5 Å². The zero-order chi connectivity index (χ0) is 11.7. The summed E-state index contributed by atoms with van der Waals surface area (Å²) in [5.74, 6) is 0.516. The van der Waals surface area contributed by atoms with Gasteiger partial charge in [-0.2, -0.15) is 0 Å². The van der Waals surface area contributed by atoms with Gasteiger partial charge in [-0.15, -0.1) is 10.2 Å². The van der Waals surface area contributed by atoms with E-state index in [9.17, 15) is 4.79 Å². The van der Waals surface area contributed by atoms with Crippen LogP contribution >= 0.6 is 11.3 Å². The SMILES string of the molecule is O=C(Nc1nncs1)C1OCC2COCCC21. The lowest BCUT2D eigenvalue weighted by Crippen LogP contribution is -2.37. The molecule has 1 aromatic heterocycles.